The minimum absolute atomic E-state index is 0.428. The van der Waals surface area contributed by atoms with Crippen LogP contribution in [-0.2, 0) is 19.8 Å². The highest BCUT2D eigenvalue weighted by molar-refractivity contribution is 7.79. The Balaban J connectivity index is 1.54. The van der Waals surface area contributed by atoms with Crippen molar-refractivity contribution in [1.29, 1.82) is 0 Å². The summed E-state index contributed by atoms with van der Waals surface area (Å²) in [6.45, 7) is -0.816. The molecule has 0 aromatic heterocycles. The van der Waals surface area contributed by atoms with Crippen LogP contribution < -0.4 is 4.74 Å². The van der Waals surface area contributed by atoms with Crippen molar-refractivity contribution in [2.45, 2.75) is 23.6 Å². The highest BCUT2D eigenvalue weighted by atomic mass is 32.1. The van der Waals surface area contributed by atoms with E-state index in [-0.39, 0.29) is 0 Å². The molecule has 0 unspecified atom stereocenters. The number of halogens is 7. The summed E-state index contributed by atoms with van der Waals surface area (Å²) in [5.41, 5.74) is 1.01. The van der Waals surface area contributed by atoms with Gasteiger partial charge in [0, 0.05) is 26.3 Å². The monoisotopic (exact) mass is 704 g/mol. The van der Waals surface area contributed by atoms with E-state index in [4.69, 9.17) is 21.7 Å². The lowest BCUT2D eigenvalue weighted by molar-refractivity contribution is -0.178. The van der Waals surface area contributed by atoms with Gasteiger partial charge in [-0.3, -0.25) is 9.69 Å². The van der Waals surface area contributed by atoms with Crippen LogP contribution in [0.1, 0.15) is 16.7 Å². The molecule has 1 saturated heterocycles. The lowest BCUT2D eigenvalue weighted by Gasteiger charge is -2.45. The van der Waals surface area contributed by atoms with E-state index in [1.165, 1.54) is 0 Å². The molecule has 4 aromatic carbocycles. The van der Waals surface area contributed by atoms with Crippen molar-refractivity contribution >= 4 is 29.5 Å². The predicted molar refractivity (Wildman–Crippen MR) is 163 cm³/mol. The number of hydrogen-bond acceptors (Lipinski definition) is 6. The van der Waals surface area contributed by atoms with Crippen LogP contribution >= 0.6 is 12.2 Å². The number of benzene rings is 4. The zero-order chi connectivity index (χ0) is 35.4. The molecule has 2 amide bonds. The Labute approximate surface area is 279 Å². The molecule has 15 heteroatoms. The molecular formula is C34H23F7N2O5S. The summed E-state index contributed by atoms with van der Waals surface area (Å²) >= 11 is 4.84. The summed E-state index contributed by atoms with van der Waals surface area (Å²) in [5, 5.41) is -1.54. The first kappa shape index (κ1) is 33.7. The molecule has 1 heterocycles. The average molecular weight is 705 g/mol. The first-order valence-corrected chi connectivity index (χ1v) is 14.9. The quantitative estimate of drug-likeness (QED) is 0.0899. The molecule has 1 aliphatic heterocycles. The van der Waals surface area contributed by atoms with Gasteiger partial charge in [0.15, 0.2) is 6.10 Å². The molecule has 0 radical (unpaired) electrons. The van der Waals surface area contributed by atoms with E-state index in [1.54, 1.807) is 78.9 Å². The number of ether oxygens (including phenoxy) is 3. The van der Waals surface area contributed by atoms with E-state index in [2.05, 4.69) is 4.74 Å². The molecule has 49 heavy (non-hydrogen) atoms. The van der Waals surface area contributed by atoms with E-state index in [0.29, 0.717) is 32.7 Å². The van der Waals surface area contributed by atoms with Gasteiger partial charge in [-0.1, -0.05) is 78.9 Å². The third kappa shape index (κ3) is 5.14. The SMILES string of the molecule is CN(C)C(=O)C(F)(F)[C@@H](OC(=S)Oc1c(F)c(F)c(F)c(F)c1F)[C@@H]1COC(=O)N1C1(c2ccccc2)c2ccccc2-c2ccccc21. The van der Waals surface area contributed by atoms with Crippen LogP contribution in [-0.4, -0.2) is 65.8 Å². The highest BCUT2D eigenvalue weighted by Crippen LogP contribution is 2.56. The number of alkyl halides is 2. The number of cyclic esters (lactones) is 1. The number of fused-ring (bicyclic) bond motifs is 3. The number of thiocarbonyl (C=S) groups is 1. The summed E-state index contributed by atoms with van der Waals surface area (Å²) in [6, 6.07) is 20.3. The maximum Gasteiger partial charge on any atom is 0.411 e. The molecule has 0 saturated carbocycles. The van der Waals surface area contributed by atoms with Gasteiger partial charge >= 0.3 is 17.3 Å². The van der Waals surface area contributed by atoms with Crippen molar-refractivity contribution in [2.75, 3.05) is 20.7 Å². The maximum atomic E-state index is 16.4. The molecule has 4 aromatic rings. The number of amides is 2. The molecule has 2 aliphatic rings. The molecule has 6 rings (SSSR count). The summed E-state index contributed by atoms with van der Waals surface area (Å²) in [4.78, 5) is 28.4. The molecule has 0 N–H and O–H groups in total. The number of hydrogen-bond donors (Lipinski definition) is 0. The van der Waals surface area contributed by atoms with Crippen molar-refractivity contribution in [3.8, 4) is 16.9 Å². The van der Waals surface area contributed by atoms with Crippen molar-refractivity contribution in [3.05, 3.63) is 125 Å². The fraction of sp³-hybridized carbons (Fsp3) is 0.206. The summed E-state index contributed by atoms with van der Waals surface area (Å²) < 4.78 is 118. The van der Waals surface area contributed by atoms with E-state index < -0.39 is 82.3 Å². The summed E-state index contributed by atoms with van der Waals surface area (Å²) in [6.07, 6.45) is -3.91. The fourth-order valence-electron chi connectivity index (χ4n) is 6.35. The molecule has 7 nitrogen and oxygen atoms in total. The minimum atomic E-state index is -4.57. The molecule has 1 fully saturated rings. The molecule has 0 spiro atoms. The Morgan fingerprint density at radius 2 is 1.35 bits per heavy atom. The zero-order valence-corrected chi connectivity index (χ0v) is 26.2. The summed E-state index contributed by atoms with van der Waals surface area (Å²) in [7, 11) is 2.03. The number of carbonyl (C=O) groups excluding carboxylic acids is 2. The lowest BCUT2D eigenvalue weighted by atomic mass is 9.78. The van der Waals surface area contributed by atoms with Crippen LogP contribution in [0.5, 0.6) is 5.75 Å². The number of nitrogens with zero attached hydrogens (tertiary/aromatic N) is 2. The zero-order valence-electron chi connectivity index (χ0n) is 25.4. The van der Waals surface area contributed by atoms with Crippen LogP contribution in [0, 0.1) is 29.1 Å². The van der Waals surface area contributed by atoms with Crippen LogP contribution in [0.4, 0.5) is 35.5 Å². The van der Waals surface area contributed by atoms with Crippen molar-refractivity contribution in [1.82, 2.24) is 9.80 Å². The average Bonchev–Trinajstić information content (AvgIpc) is 3.62. The lowest BCUT2D eigenvalue weighted by Crippen LogP contribution is -2.62. The van der Waals surface area contributed by atoms with Gasteiger partial charge in [0.05, 0.1) is 0 Å². The van der Waals surface area contributed by atoms with Gasteiger partial charge in [-0.25, -0.2) is 18.0 Å². The van der Waals surface area contributed by atoms with E-state index in [9.17, 15) is 31.5 Å². The Hall–Kier alpha value is -5.18. The topological polar surface area (TPSA) is 68.3 Å². The van der Waals surface area contributed by atoms with Gasteiger partial charge in [-0.15, -0.1) is 0 Å². The number of carbonyl (C=O) groups is 2. The van der Waals surface area contributed by atoms with Crippen LogP contribution in [0.15, 0.2) is 78.9 Å². The first-order chi connectivity index (χ1) is 23.2. The number of rotatable bonds is 7. The van der Waals surface area contributed by atoms with Crippen LogP contribution in [0.25, 0.3) is 11.1 Å². The molecular weight excluding hydrogens is 681 g/mol. The van der Waals surface area contributed by atoms with E-state index in [0.717, 1.165) is 19.0 Å². The molecule has 1 aliphatic carbocycles. The van der Waals surface area contributed by atoms with Gasteiger partial charge in [0.2, 0.25) is 34.8 Å². The van der Waals surface area contributed by atoms with Gasteiger partial charge in [0.1, 0.15) is 18.2 Å². The predicted octanol–water partition coefficient (Wildman–Crippen LogP) is 6.95. The Morgan fingerprint density at radius 1 is 0.857 bits per heavy atom. The van der Waals surface area contributed by atoms with Crippen molar-refractivity contribution in [2.24, 2.45) is 0 Å². The van der Waals surface area contributed by atoms with Crippen LogP contribution in [0.2, 0.25) is 0 Å². The van der Waals surface area contributed by atoms with E-state index >= 15 is 8.78 Å². The third-order valence-electron chi connectivity index (χ3n) is 8.36. The highest BCUT2D eigenvalue weighted by Gasteiger charge is 2.64. The first-order valence-electron chi connectivity index (χ1n) is 14.4. The smallest absolute Gasteiger partial charge is 0.411 e. The Kier molecular flexibility index (Phi) is 8.51. The van der Waals surface area contributed by atoms with Gasteiger partial charge in [-0.05, 0) is 27.8 Å². The van der Waals surface area contributed by atoms with Crippen molar-refractivity contribution in [3.63, 3.8) is 0 Å². The molecule has 0 bridgehead atoms. The largest absolute Gasteiger partial charge is 0.447 e. The maximum absolute atomic E-state index is 16.4. The standard InChI is InChI=1S/C34H23F7N2O5S/c1-42(2)30(44)34(40,41)29(48-32(49)47-28-26(38)24(36)23(35)25(37)27(28)39)22-16-46-31(45)43(22)33(17-10-4-3-5-11-17)20-14-8-6-12-18(20)19-13-7-9-15-21(19)33/h3-15,22,29H,16H2,1-2H3/t22-,29-/m0/s1. The normalized spacial score (nSPS) is 16.8. The third-order valence-corrected chi connectivity index (χ3v) is 8.54. The second-order valence-corrected chi connectivity index (χ2v) is 11.6. The van der Waals surface area contributed by atoms with Gasteiger partial charge in [0.25, 0.3) is 5.91 Å². The van der Waals surface area contributed by atoms with Gasteiger partial charge in [-0.2, -0.15) is 17.6 Å². The second kappa shape index (κ2) is 12.4. The second-order valence-electron chi connectivity index (χ2n) is 11.3. The fourth-order valence-corrected chi connectivity index (χ4v) is 6.53. The molecule has 254 valence electrons. The Morgan fingerprint density at radius 3 is 1.88 bits per heavy atom. The minimum Gasteiger partial charge on any atom is -0.447 e. The van der Waals surface area contributed by atoms with E-state index in [1.807, 2.05) is 0 Å². The molecule has 2 atom stereocenters. The van der Waals surface area contributed by atoms with Crippen LogP contribution in [0.3, 0.4) is 0 Å². The van der Waals surface area contributed by atoms with Crippen molar-refractivity contribution < 1.29 is 54.5 Å². The summed E-state index contributed by atoms with van der Waals surface area (Å²) in [5.74, 6) is -20.6. The van der Waals surface area contributed by atoms with Gasteiger partial charge < -0.3 is 19.1 Å². The Bertz CT molecular complexity index is 1920.